The van der Waals surface area contributed by atoms with E-state index in [1.54, 1.807) is 14.2 Å². The summed E-state index contributed by atoms with van der Waals surface area (Å²) in [5.74, 6) is 2.15. The molecule has 1 aromatic heterocycles. The van der Waals surface area contributed by atoms with Crippen LogP contribution in [0.5, 0.6) is 17.2 Å². The molecule has 0 aliphatic carbocycles. The number of benzene rings is 2. The number of nitrogens with zero attached hydrogens (tertiary/aromatic N) is 2. The number of amides is 1. The molecular formula is C24H27N3O4. The number of fused-ring (bicyclic) bond motifs is 1. The Labute approximate surface area is 181 Å². The van der Waals surface area contributed by atoms with E-state index in [1.165, 1.54) is 0 Å². The number of aromatic amines is 1. The molecule has 7 heteroatoms. The summed E-state index contributed by atoms with van der Waals surface area (Å²) in [6, 6.07) is 13.1. The fourth-order valence-electron chi connectivity index (χ4n) is 4.14. The second kappa shape index (κ2) is 8.71. The average Bonchev–Trinajstić information content (AvgIpc) is 3.34. The molecule has 0 bridgehead atoms. The highest BCUT2D eigenvalue weighted by atomic mass is 16.5. The van der Waals surface area contributed by atoms with Gasteiger partial charge in [0.15, 0.2) is 0 Å². The average molecular weight is 421 g/mol. The predicted octanol–water partition coefficient (Wildman–Crippen LogP) is 4.45. The smallest absolute Gasteiger partial charge is 0.273 e. The molecule has 0 fully saturated rings. The van der Waals surface area contributed by atoms with Crippen molar-refractivity contribution in [1.82, 2.24) is 15.1 Å². The summed E-state index contributed by atoms with van der Waals surface area (Å²) < 4.78 is 16.7. The highest BCUT2D eigenvalue weighted by Crippen LogP contribution is 2.46. The summed E-state index contributed by atoms with van der Waals surface area (Å²) in [4.78, 5) is 15.1. The summed E-state index contributed by atoms with van der Waals surface area (Å²) in [6.07, 6.45) is 0.838. The predicted molar refractivity (Wildman–Crippen MR) is 118 cm³/mol. The molecule has 0 saturated carbocycles. The summed E-state index contributed by atoms with van der Waals surface area (Å²) in [7, 11) is 3.26. The van der Waals surface area contributed by atoms with Gasteiger partial charge in [-0.1, -0.05) is 6.92 Å². The van der Waals surface area contributed by atoms with Crippen molar-refractivity contribution in [2.75, 3.05) is 27.4 Å². The molecule has 0 spiro atoms. The largest absolute Gasteiger partial charge is 0.497 e. The van der Waals surface area contributed by atoms with Crippen molar-refractivity contribution >= 4 is 5.91 Å². The van der Waals surface area contributed by atoms with Gasteiger partial charge in [0, 0.05) is 23.2 Å². The van der Waals surface area contributed by atoms with E-state index in [2.05, 4.69) is 17.1 Å². The van der Waals surface area contributed by atoms with Gasteiger partial charge < -0.3 is 19.1 Å². The number of carbonyl (C=O) groups excluding carboxylic acids is 1. The number of aromatic nitrogens is 2. The van der Waals surface area contributed by atoms with Crippen LogP contribution in [0.4, 0.5) is 0 Å². The maximum absolute atomic E-state index is 13.3. The van der Waals surface area contributed by atoms with Crippen molar-refractivity contribution in [2.45, 2.75) is 26.3 Å². The first-order valence-corrected chi connectivity index (χ1v) is 10.5. The first kappa shape index (κ1) is 20.8. The molecule has 1 aliphatic heterocycles. The zero-order chi connectivity index (χ0) is 22.0. The SMILES string of the molecule is CCCN1C(=O)c2[nH]nc(-c3ccc(OCC)cc3)c2[C@@H]1c1cc(OC)ccc1OC. The van der Waals surface area contributed by atoms with Gasteiger partial charge in [0.05, 0.1) is 32.6 Å². The van der Waals surface area contributed by atoms with Gasteiger partial charge in [-0.25, -0.2) is 0 Å². The van der Waals surface area contributed by atoms with Crippen LogP contribution in [0.3, 0.4) is 0 Å². The molecule has 2 heterocycles. The van der Waals surface area contributed by atoms with Crippen molar-refractivity contribution in [3.05, 3.63) is 59.3 Å². The first-order chi connectivity index (χ1) is 15.1. The second-order valence-corrected chi connectivity index (χ2v) is 7.33. The normalized spacial score (nSPS) is 15.2. The number of rotatable bonds is 8. The van der Waals surface area contributed by atoms with Crippen molar-refractivity contribution in [1.29, 1.82) is 0 Å². The molecule has 7 nitrogen and oxygen atoms in total. The van der Waals surface area contributed by atoms with E-state index >= 15 is 0 Å². The van der Waals surface area contributed by atoms with E-state index < -0.39 is 0 Å². The van der Waals surface area contributed by atoms with Crippen LogP contribution in [-0.4, -0.2) is 48.4 Å². The third kappa shape index (κ3) is 3.60. The lowest BCUT2D eigenvalue weighted by atomic mass is 9.95. The van der Waals surface area contributed by atoms with E-state index in [0.717, 1.165) is 34.6 Å². The number of nitrogens with one attached hydrogen (secondary N) is 1. The fraction of sp³-hybridized carbons (Fsp3) is 0.333. The van der Waals surface area contributed by atoms with Crippen LogP contribution in [-0.2, 0) is 0 Å². The lowest BCUT2D eigenvalue weighted by molar-refractivity contribution is 0.0742. The number of hydrogen-bond acceptors (Lipinski definition) is 5. The Bertz CT molecular complexity index is 1070. The number of carbonyl (C=O) groups is 1. The van der Waals surface area contributed by atoms with Crippen LogP contribution >= 0.6 is 0 Å². The van der Waals surface area contributed by atoms with E-state index in [1.807, 2.05) is 54.3 Å². The molecule has 4 rings (SSSR count). The van der Waals surface area contributed by atoms with Crippen LogP contribution in [0.15, 0.2) is 42.5 Å². The molecule has 1 amide bonds. The van der Waals surface area contributed by atoms with E-state index in [9.17, 15) is 4.79 Å². The summed E-state index contributed by atoms with van der Waals surface area (Å²) >= 11 is 0. The lowest BCUT2D eigenvalue weighted by Gasteiger charge is -2.27. The quantitative estimate of drug-likeness (QED) is 0.582. The van der Waals surface area contributed by atoms with Crippen LogP contribution in [0.25, 0.3) is 11.3 Å². The van der Waals surface area contributed by atoms with Crippen molar-refractivity contribution in [2.24, 2.45) is 0 Å². The molecule has 0 radical (unpaired) electrons. The molecule has 1 aliphatic rings. The third-order valence-corrected chi connectivity index (χ3v) is 5.50. The first-order valence-electron chi connectivity index (χ1n) is 10.5. The van der Waals surface area contributed by atoms with Gasteiger partial charge in [-0.05, 0) is 55.8 Å². The number of H-pyrrole nitrogens is 1. The Morgan fingerprint density at radius 3 is 2.42 bits per heavy atom. The monoisotopic (exact) mass is 421 g/mol. The Hall–Kier alpha value is -3.48. The van der Waals surface area contributed by atoms with E-state index in [-0.39, 0.29) is 11.9 Å². The maximum Gasteiger partial charge on any atom is 0.273 e. The Morgan fingerprint density at radius 2 is 1.77 bits per heavy atom. The zero-order valence-electron chi connectivity index (χ0n) is 18.3. The molecule has 162 valence electrons. The van der Waals surface area contributed by atoms with E-state index in [4.69, 9.17) is 14.2 Å². The minimum Gasteiger partial charge on any atom is -0.497 e. The number of hydrogen-bond donors (Lipinski definition) is 1. The highest BCUT2D eigenvalue weighted by Gasteiger charge is 2.43. The zero-order valence-corrected chi connectivity index (χ0v) is 18.3. The van der Waals surface area contributed by atoms with Gasteiger partial charge in [0.25, 0.3) is 5.91 Å². The molecule has 1 atom stereocenters. The Morgan fingerprint density at radius 1 is 1.03 bits per heavy atom. The van der Waals surface area contributed by atoms with Gasteiger partial charge in [-0.2, -0.15) is 5.10 Å². The number of ether oxygens (including phenoxy) is 3. The van der Waals surface area contributed by atoms with Gasteiger partial charge >= 0.3 is 0 Å². The van der Waals surface area contributed by atoms with Gasteiger partial charge in [0.2, 0.25) is 0 Å². The maximum atomic E-state index is 13.3. The topological polar surface area (TPSA) is 76.7 Å². The molecular weight excluding hydrogens is 394 g/mol. The minimum atomic E-state index is -0.326. The summed E-state index contributed by atoms with van der Waals surface area (Å²) in [6.45, 7) is 5.24. The molecule has 31 heavy (non-hydrogen) atoms. The van der Waals surface area contributed by atoms with Crippen molar-refractivity contribution < 1.29 is 19.0 Å². The van der Waals surface area contributed by atoms with Crippen LogP contribution in [0.2, 0.25) is 0 Å². The highest BCUT2D eigenvalue weighted by molar-refractivity contribution is 6.00. The van der Waals surface area contributed by atoms with Gasteiger partial charge in [0.1, 0.15) is 22.9 Å². The Kier molecular flexibility index (Phi) is 5.84. The van der Waals surface area contributed by atoms with E-state index in [0.29, 0.717) is 30.3 Å². The van der Waals surface area contributed by atoms with Crippen LogP contribution in [0, 0.1) is 0 Å². The third-order valence-electron chi connectivity index (χ3n) is 5.50. The molecule has 0 saturated heterocycles. The van der Waals surface area contributed by atoms with Crippen molar-refractivity contribution in [3.63, 3.8) is 0 Å². The number of methoxy groups -OCH3 is 2. The van der Waals surface area contributed by atoms with Crippen LogP contribution < -0.4 is 14.2 Å². The molecule has 0 unspecified atom stereocenters. The minimum absolute atomic E-state index is 0.0589. The summed E-state index contributed by atoms with van der Waals surface area (Å²) in [5.41, 5.74) is 3.91. The lowest BCUT2D eigenvalue weighted by Crippen LogP contribution is -2.30. The Balaban J connectivity index is 1.87. The molecule has 1 N–H and O–H groups in total. The van der Waals surface area contributed by atoms with Gasteiger partial charge in [-0.15, -0.1) is 0 Å². The fourth-order valence-corrected chi connectivity index (χ4v) is 4.14. The standard InChI is InChI=1S/C24H27N3O4/c1-5-13-27-23(18-14-17(29-3)11-12-19(18)30-4)20-21(25-26-22(20)24(27)28)15-7-9-16(10-8-15)31-6-2/h7-12,14,23H,5-6,13H2,1-4H3,(H,25,26)/t23-/m0/s1. The van der Waals surface area contributed by atoms with Gasteiger partial charge in [-0.3, -0.25) is 9.89 Å². The molecule has 3 aromatic rings. The van der Waals surface area contributed by atoms with Crippen LogP contribution in [0.1, 0.15) is 47.9 Å². The molecule has 2 aromatic carbocycles. The summed E-state index contributed by atoms with van der Waals surface area (Å²) in [5, 5.41) is 7.50. The van der Waals surface area contributed by atoms with Crippen molar-refractivity contribution in [3.8, 4) is 28.5 Å². The second-order valence-electron chi connectivity index (χ2n) is 7.33.